The van der Waals surface area contributed by atoms with Crippen molar-refractivity contribution in [2.45, 2.75) is 45.3 Å². The number of anilines is 1. The number of urea groups is 1. The van der Waals surface area contributed by atoms with Crippen molar-refractivity contribution in [2.24, 2.45) is 5.92 Å². The summed E-state index contributed by atoms with van der Waals surface area (Å²) in [5.41, 5.74) is 2.58. The van der Waals surface area contributed by atoms with E-state index in [4.69, 9.17) is 4.74 Å². The molecule has 2 aromatic rings. The quantitative estimate of drug-likeness (QED) is 0.696. The third-order valence-electron chi connectivity index (χ3n) is 6.35. The second kappa shape index (κ2) is 10.8. The minimum atomic E-state index is -0.311. The number of aryl methyl sites for hydroxylation is 1. The lowest BCUT2D eigenvalue weighted by molar-refractivity contribution is -0.139. The number of nitrogens with one attached hydrogen (secondary N) is 1. The molecule has 2 saturated heterocycles. The summed E-state index contributed by atoms with van der Waals surface area (Å²) in [4.78, 5) is 29.9. The molecule has 0 bridgehead atoms. The summed E-state index contributed by atoms with van der Waals surface area (Å²) in [5, 5.41) is 2.95. The van der Waals surface area contributed by atoms with Crippen LogP contribution in [0, 0.1) is 18.7 Å². The summed E-state index contributed by atoms with van der Waals surface area (Å²) in [7, 11) is 0. The number of ether oxygens (including phenoxy) is 1. The lowest BCUT2D eigenvalue weighted by Crippen LogP contribution is -2.49. The van der Waals surface area contributed by atoms with Gasteiger partial charge < -0.3 is 19.9 Å². The van der Waals surface area contributed by atoms with Crippen LogP contribution >= 0.6 is 0 Å². The van der Waals surface area contributed by atoms with E-state index in [1.807, 2.05) is 37.3 Å². The predicted molar refractivity (Wildman–Crippen MR) is 125 cm³/mol. The molecule has 0 radical (unpaired) electrons. The number of halogens is 1. The third kappa shape index (κ3) is 6.32. The van der Waals surface area contributed by atoms with Crippen LogP contribution in [0.2, 0.25) is 0 Å². The van der Waals surface area contributed by atoms with E-state index in [9.17, 15) is 14.0 Å². The van der Waals surface area contributed by atoms with Gasteiger partial charge in [0, 0.05) is 38.5 Å². The van der Waals surface area contributed by atoms with Crippen LogP contribution in [0.15, 0.2) is 48.5 Å². The molecule has 0 spiro atoms. The van der Waals surface area contributed by atoms with Crippen molar-refractivity contribution < 1.29 is 18.7 Å². The van der Waals surface area contributed by atoms with Gasteiger partial charge in [-0.15, -0.1) is 0 Å². The Hall–Kier alpha value is -2.93. The predicted octanol–water partition coefficient (Wildman–Crippen LogP) is 4.59. The summed E-state index contributed by atoms with van der Waals surface area (Å²) >= 11 is 0. The number of amides is 3. The normalized spacial score (nSPS) is 20.5. The highest BCUT2D eigenvalue weighted by Crippen LogP contribution is 2.23. The van der Waals surface area contributed by atoms with Crippen LogP contribution in [0.25, 0.3) is 0 Å². The average molecular weight is 454 g/mol. The molecule has 33 heavy (non-hydrogen) atoms. The van der Waals surface area contributed by atoms with Crippen LogP contribution < -0.4 is 5.32 Å². The highest BCUT2D eigenvalue weighted by molar-refractivity contribution is 5.90. The first-order chi connectivity index (χ1) is 16.0. The lowest BCUT2D eigenvalue weighted by Gasteiger charge is -2.35. The fraction of sp³-hybridized carbons (Fsp3) is 0.462. The van der Waals surface area contributed by atoms with Crippen LogP contribution in [0.5, 0.6) is 0 Å². The molecule has 2 aromatic carbocycles. The minimum Gasteiger partial charge on any atom is -0.376 e. The maximum atomic E-state index is 13.7. The van der Waals surface area contributed by atoms with Gasteiger partial charge in [0.05, 0.1) is 12.0 Å². The second-order valence-electron chi connectivity index (χ2n) is 9.07. The number of hydrogen-bond acceptors (Lipinski definition) is 3. The number of carbonyl (C=O) groups excluding carboxylic acids is 2. The summed E-state index contributed by atoms with van der Waals surface area (Å²) in [5.74, 6) is -0.589. The van der Waals surface area contributed by atoms with E-state index in [1.54, 1.807) is 15.9 Å². The zero-order valence-corrected chi connectivity index (χ0v) is 19.1. The molecular formula is C26H32FN3O3. The first-order valence-corrected chi connectivity index (χ1v) is 11.8. The van der Waals surface area contributed by atoms with Crippen molar-refractivity contribution in [2.75, 3.05) is 31.6 Å². The highest BCUT2D eigenvalue weighted by atomic mass is 19.1. The van der Waals surface area contributed by atoms with Gasteiger partial charge in [0.1, 0.15) is 5.82 Å². The van der Waals surface area contributed by atoms with E-state index in [2.05, 4.69) is 5.32 Å². The molecule has 0 saturated carbocycles. The minimum absolute atomic E-state index is 0.00261. The molecule has 4 rings (SSSR count). The first kappa shape index (κ1) is 23.2. The Kier molecular flexibility index (Phi) is 7.60. The van der Waals surface area contributed by atoms with Crippen molar-refractivity contribution in [3.05, 3.63) is 65.5 Å². The third-order valence-corrected chi connectivity index (χ3v) is 6.35. The van der Waals surface area contributed by atoms with E-state index in [0.29, 0.717) is 32.8 Å². The smallest absolute Gasteiger partial charge is 0.321 e. The molecule has 0 aromatic heterocycles. The molecule has 6 nitrogen and oxygen atoms in total. The van der Waals surface area contributed by atoms with E-state index in [-0.39, 0.29) is 29.8 Å². The van der Waals surface area contributed by atoms with Crippen LogP contribution in [-0.2, 0) is 16.1 Å². The lowest BCUT2D eigenvalue weighted by atomic mass is 9.96. The number of hydrogen-bond donors (Lipinski definition) is 1. The number of carbonyl (C=O) groups is 2. The Balaban J connectivity index is 1.43. The van der Waals surface area contributed by atoms with Crippen LogP contribution in [-0.4, -0.2) is 54.1 Å². The molecule has 2 fully saturated rings. The maximum absolute atomic E-state index is 13.7. The standard InChI is InChI=1S/C26H32FN3O3/c1-19-6-2-10-23(14-19)28-26(32)29-12-4-8-21(17-29)25(31)30(18-24-11-5-13-33-24)16-20-7-3-9-22(27)15-20/h2-3,6-7,9-10,14-15,21,24H,4-5,8,11-13,16-18H2,1H3,(H,28,32). The summed E-state index contributed by atoms with van der Waals surface area (Å²) in [6.45, 7) is 4.51. The van der Waals surface area contributed by atoms with Gasteiger partial charge in [0.2, 0.25) is 5.91 Å². The molecule has 2 aliphatic rings. The Bertz CT molecular complexity index is 977. The fourth-order valence-corrected chi connectivity index (χ4v) is 4.67. The summed E-state index contributed by atoms with van der Waals surface area (Å²) in [6, 6.07) is 13.9. The Morgan fingerprint density at radius 3 is 2.76 bits per heavy atom. The largest absolute Gasteiger partial charge is 0.376 e. The van der Waals surface area contributed by atoms with Gasteiger partial charge >= 0.3 is 6.03 Å². The summed E-state index contributed by atoms with van der Waals surface area (Å²) < 4.78 is 19.5. The zero-order chi connectivity index (χ0) is 23.2. The van der Waals surface area contributed by atoms with Gasteiger partial charge in [-0.3, -0.25) is 4.79 Å². The molecule has 176 valence electrons. The molecular weight excluding hydrogens is 421 g/mol. The summed E-state index contributed by atoms with van der Waals surface area (Å²) in [6.07, 6.45) is 3.42. The molecule has 3 amide bonds. The van der Waals surface area contributed by atoms with Crippen LogP contribution in [0.4, 0.5) is 14.9 Å². The Morgan fingerprint density at radius 2 is 2.00 bits per heavy atom. The van der Waals surface area contributed by atoms with Gasteiger partial charge in [-0.05, 0) is 68.0 Å². The fourth-order valence-electron chi connectivity index (χ4n) is 4.67. The molecule has 2 atom stereocenters. The van der Waals surface area contributed by atoms with Crippen molar-refractivity contribution in [1.29, 1.82) is 0 Å². The SMILES string of the molecule is Cc1cccc(NC(=O)N2CCCC(C(=O)N(Cc3cccc(F)c3)CC3CCCO3)C2)c1. The number of benzene rings is 2. The second-order valence-corrected chi connectivity index (χ2v) is 9.07. The van der Waals surface area contributed by atoms with Crippen molar-refractivity contribution in [3.8, 4) is 0 Å². The van der Waals surface area contributed by atoms with Crippen LogP contribution in [0.1, 0.15) is 36.8 Å². The van der Waals surface area contributed by atoms with E-state index in [0.717, 1.165) is 42.5 Å². The van der Waals surface area contributed by atoms with Gasteiger partial charge in [0.15, 0.2) is 0 Å². The van der Waals surface area contributed by atoms with E-state index < -0.39 is 0 Å². The van der Waals surface area contributed by atoms with E-state index in [1.165, 1.54) is 12.1 Å². The van der Waals surface area contributed by atoms with E-state index >= 15 is 0 Å². The molecule has 7 heteroatoms. The maximum Gasteiger partial charge on any atom is 0.321 e. The molecule has 2 unspecified atom stereocenters. The number of rotatable bonds is 6. The average Bonchev–Trinajstić information content (AvgIpc) is 3.31. The van der Waals surface area contributed by atoms with Gasteiger partial charge in [-0.1, -0.05) is 24.3 Å². The zero-order valence-electron chi connectivity index (χ0n) is 19.1. The molecule has 2 aliphatic heterocycles. The van der Waals surface area contributed by atoms with Gasteiger partial charge in [-0.25, -0.2) is 9.18 Å². The Labute approximate surface area is 194 Å². The van der Waals surface area contributed by atoms with Gasteiger partial charge in [0.25, 0.3) is 0 Å². The monoisotopic (exact) mass is 453 g/mol. The number of likely N-dealkylation sites (tertiary alicyclic amines) is 1. The van der Waals surface area contributed by atoms with Crippen LogP contribution in [0.3, 0.4) is 0 Å². The van der Waals surface area contributed by atoms with Crippen molar-refractivity contribution >= 4 is 17.6 Å². The highest BCUT2D eigenvalue weighted by Gasteiger charge is 2.33. The molecule has 0 aliphatic carbocycles. The molecule has 1 N–H and O–H groups in total. The Morgan fingerprint density at radius 1 is 1.15 bits per heavy atom. The van der Waals surface area contributed by atoms with Crippen molar-refractivity contribution in [1.82, 2.24) is 9.80 Å². The molecule has 2 heterocycles. The van der Waals surface area contributed by atoms with Gasteiger partial charge in [-0.2, -0.15) is 0 Å². The number of nitrogens with zero attached hydrogens (tertiary/aromatic N) is 2. The number of piperidine rings is 1. The first-order valence-electron chi connectivity index (χ1n) is 11.8. The van der Waals surface area contributed by atoms with Crippen molar-refractivity contribution in [3.63, 3.8) is 0 Å². The topological polar surface area (TPSA) is 61.9 Å².